The molecule has 0 aromatic heterocycles. The van der Waals surface area contributed by atoms with E-state index in [1.807, 2.05) is 0 Å². The van der Waals surface area contributed by atoms with Crippen molar-refractivity contribution in [3.63, 3.8) is 0 Å². The number of carbonyl (C=O) groups excluding carboxylic acids is 1. The Morgan fingerprint density at radius 2 is 1.31 bits per heavy atom. The maximum Gasteiger partial charge on any atom is 0.335 e. The summed E-state index contributed by atoms with van der Waals surface area (Å²) in [5.41, 5.74) is 5.88. The Bertz CT molecular complexity index is 894. The zero-order valence-electron chi connectivity index (χ0n) is 21.0. The lowest BCUT2D eigenvalue weighted by molar-refractivity contribution is -0.363. The summed E-state index contributed by atoms with van der Waals surface area (Å²) in [7, 11) is 1.08. The molecule has 3 saturated heterocycles. The van der Waals surface area contributed by atoms with Gasteiger partial charge < -0.3 is 75.2 Å². The molecule has 0 aromatic carbocycles. The molecule has 0 spiro atoms. The van der Waals surface area contributed by atoms with Crippen LogP contribution >= 0.6 is 0 Å². The summed E-state index contributed by atoms with van der Waals surface area (Å²) in [5, 5.41) is 74.4. The van der Waals surface area contributed by atoms with Gasteiger partial charge in [-0.2, -0.15) is 0 Å². The van der Waals surface area contributed by atoms with Gasteiger partial charge in [0.25, 0.3) is 0 Å². The van der Waals surface area contributed by atoms with Crippen LogP contribution in [0.25, 0.3) is 0 Å². The fourth-order valence-electron chi connectivity index (χ4n) is 4.57. The van der Waals surface area contributed by atoms with Crippen LogP contribution in [0.1, 0.15) is 13.8 Å². The second-order valence-corrected chi connectivity index (χ2v) is 9.43. The van der Waals surface area contributed by atoms with Crippen LogP contribution in [0.2, 0.25) is 0 Å². The lowest BCUT2D eigenvalue weighted by Crippen LogP contribution is -2.69. The van der Waals surface area contributed by atoms with Crippen molar-refractivity contribution in [1.82, 2.24) is 5.32 Å². The van der Waals surface area contributed by atoms with Crippen molar-refractivity contribution in [3.05, 3.63) is 0 Å². The highest BCUT2D eigenvalue weighted by molar-refractivity contribution is 5.74. The number of aliphatic carboxylic acids is 2. The van der Waals surface area contributed by atoms with Crippen LogP contribution in [0.3, 0.4) is 0 Å². The molecule has 224 valence electrons. The maximum atomic E-state index is 12.1. The third-order valence-corrected chi connectivity index (χ3v) is 6.71. The number of methoxy groups -OCH3 is 1. The van der Waals surface area contributed by atoms with Crippen LogP contribution in [0.5, 0.6) is 0 Å². The minimum Gasteiger partial charge on any atom is -0.479 e. The third kappa shape index (κ3) is 6.47. The Morgan fingerprint density at radius 1 is 0.744 bits per heavy atom. The number of carboxylic acid groups (broad SMARTS) is 2. The number of carbonyl (C=O) groups is 3. The molecule has 18 heteroatoms. The molecule has 0 saturated carbocycles. The number of nitrogens with one attached hydrogen (secondary N) is 1. The molecule has 3 aliphatic rings. The van der Waals surface area contributed by atoms with E-state index in [1.165, 1.54) is 6.92 Å². The molecule has 0 bridgehead atoms. The molecule has 0 unspecified atom stereocenters. The smallest absolute Gasteiger partial charge is 0.335 e. The molecule has 3 heterocycles. The summed E-state index contributed by atoms with van der Waals surface area (Å²) in [4.78, 5) is 35.2. The summed E-state index contributed by atoms with van der Waals surface area (Å²) in [5.74, 6) is -3.95. The molecule has 3 fully saturated rings. The normalized spacial score (nSPS) is 46.8. The van der Waals surface area contributed by atoms with Gasteiger partial charge in [-0.3, -0.25) is 4.79 Å². The van der Waals surface area contributed by atoms with E-state index in [4.69, 9.17) is 34.2 Å². The van der Waals surface area contributed by atoms with Crippen LogP contribution in [0.4, 0.5) is 0 Å². The predicted molar refractivity (Wildman–Crippen MR) is 119 cm³/mol. The van der Waals surface area contributed by atoms with Crippen molar-refractivity contribution in [2.75, 3.05) is 7.11 Å². The van der Waals surface area contributed by atoms with Gasteiger partial charge >= 0.3 is 11.9 Å². The fourth-order valence-corrected chi connectivity index (χ4v) is 4.57. The average Bonchev–Trinajstić information content (AvgIpc) is 2.86. The van der Waals surface area contributed by atoms with E-state index in [-0.39, 0.29) is 0 Å². The van der Waals surface area contributed by atoms with Gasteiger partial charge in [0.15, 0.2) is 31.1 Å². The fraction of sp³-hybridized carbons (Fsp3) is 0.857. The predicted octanol–water partition coefficient (Wildman–Crippen LogP) is -5.60. The van der Waals surface area contributed by atoms with Gasteiger partial charge in [0, 0.05) is 14.0 Å². The summed E-state index contributed by atoms with van der Waals surface area (Å²) >= 11 is 0. The topological polar surface area (TPSA) is 286 Å². The number of hydrogen-bond acceptors (Lipinski definition) is 15. The third-order valence-electron chi connectivity index (χ3n) is 6.71. The highest BCUT2D eigenvalue weighted by Crippen LogP contribution is 2.32. The summed E-state index contributed by atoms with van der Waals surface area (Å²) < 4.78 is 31.7. The van der Waals surface area contributed by atoms with Gasteiger partial charge in [0.1, 0.15) is 42.7 Å². The van der Waals surface area contributed by atoms with Crippen molar-refractivity contribution in [2.24, 2.45) is 5.73 Å². The van der Waals surface area contributed by atoms with E-state index >= 15 is 0 Å². The van der Waals surface area contributed by atoms with Gasteiger partial charge in [-0.15, -0.1) is 0 Å². The van der Waals surface area contributed by atoms with E-state index in [9.17, 15) is 50.1 Å². The number of amides is 1. The minimum absolute atomic E-state index is 0.607. The van der Waals surface area contributed by atoms with Gasteiger partial charge in [0.2, 0.25) is 5.91 Å². The lowest BCUT2D eigenvalue weighted by atomic mass is 9.94. The largest absolute Gasteiger partial charge is 0.479 e. The lowest BCUT2D eigenvalue weighted by Gasteiger charge is -2.47. The van der Waals surface area contributed by atoms with Crippen molar-refractivity contribution in [1.29, 1.82) is 0 Å². The van der Waals surface area contributed by atoms with Gasteiger partial charge in [0.05, 0.1) is 18.2 Å². The van der Waals surface area contributed by atoms with Crippen molar-refractivity contribution >= 4 is 17.8 Å². The van der Waals surface area contributed by atoms with Crippen LogP contribution in [0, 0.1) is 0 Å². The first-order valence-corrected chi connectivity index (χ1v) is 11.9. The van der Waals surface area contributed by atoms with Crippen molar-refractivity contribution in [2.45, 2.75) is 106 Å². The van der Waals surface area contributed by atoms with E-state index in [1.54, 1.807) is 0 Å². The van der Waals surface area contributed by atoms with Gasteiger partial charge in [-0.25, -0.2) is 9.59 Å². The zero-order valence-corrected chi connectivity index (χ0v) is 21.0. The molecule has 15 atom stereocenters. The van der Waals surface area contributed by atoms with E-state index in [0.29, 0.717) is 0 Å². The molecule has 0 aromatic rings. The van der Waals surface area contributed by atoms with Crippen molar-refractivity contribution < 1.29 is 78.6 Å². The number of rotatable bonds is 8. The monoisotopic (exact) mass is 570 g/mol. The van der Waals surface area contributed by atoms with E-state index in [0.717, 1.165) is 14.0 Å². The number of carboxylic acids is 2. The molecule has 3 aliphatic heterocycles. The molecule has 39 heavy (non-hydrogen) atoms. The van der Waals surface area contributed by atoms with Crippen molar-refractivity contribution in [3.8, 4) is 0 Å². The van der Waals surface area contributed by atoms with Crippen LogP contribution in [-0.4, -0.2) is 153 Å². The second kappa shape index (κ2) is 12.6. The average molecular weight is 571 g/mol. The first-order chi connectivity index (χ1) is 18.2. The quantitative estimate of drug-likeness (QED) is 0.131. The first-order valence-electron chi connectivity index (χ1n) is 11.9. The molecule has 10 N–H and O–H groups in total. The molecule has 0 aliphatic carbocycles. The highest BCUT2D eigenvalue weighted by Gasteiger charge is 2.55. The van der Waals surface area contributed by atoms with Crippen LogP contribution < -0.4 is 11.1 Å². The Kier molecular flexibility index (Phi) is 10.2. The summed E-state index contributed by atoms with van der Waals surface area (Å²) in [6, 6.07) is -2.26. The molecule has 1 amide bonds. The molecular formula is C21H34N2O16. The number of nitrogens with two attached hydrogens (primary N) is 1. The number of ether oxygens (including phenoxy) is 6. The number of hydrogen-bond donors (Lipinski definition) is 9. The Morgan fingerprint density at radius 3 is 1.85 bits per heavy atom. The van der Waals surface area contributed by atoms with Gasteiger partial charge in [-0.1, -0.05) is 0 Å². The summed E-state index contributed by atoms with van der Waals surface area (Å²) in [6.45, 7) is 2.62. The van der Waals surface area contributed by atoms with Crippen LogP contribution in [0.15, 0.2) is 0 Å². The van der Waals surface area contributed by atoms with E-state index < -0.39 is 110 Å². The SMILES string of the molecule is CO[C@H]1O[C@H](C(=O)O)[C@H](O)[C@H](O[C@H]2O[C@H](C(=O)O)[C@H](O[C@H]3O[C@H](C)[C@H](N)[C@H](O)[C@H]3NC(C)=O)[C@H](O)[C@H]2O)[C@H]1O. The maximum absolute atomic E-state index is 12.1. The molecule has 0 radical (unpaired) electrons. The Labute approximate surface area is 221 Å². The second-order valence-electron chi connectivity index (χ2n) is 9.43. The number of aliphatic hydroxyl groups excluding tert-OH is 5. The Hall–Kier alpha value is -2.07. The first kappa shape index (κ1) is 31.5. The zero-order chi connectivity index (χ0) is 29.3. The van der Waals surface area contributed by atoms with Gasteiger partial charge in [-0.05, 0) is 6.92 Å². The number of aliphatic hydroxyl groups is 5. The summed E-state index contributed by atoms with van der Waals surface area (Å²) in [6.07, 6.45) is -23.1. The highest BCUT2D eigenvalue weighted by atomic mass is 16.8. The Balaban J connectivity index is 1.83. The molecular weight excluding hydrogens is 536 g/mol. The minimum atomic E-state index is -2.08. The standard InChI is InChI=1S/C21H34N2O16/c1-4-6(22)8(25)7(23-5(2)24)19(35-4)37-14-9(26)10(27)21(39-16(14)18(32)33)36-13-11(28)15(17(30)31)38-20(34-3)12(13)29/h4,6-16,19-21,25-29H,22H2,1-3H3,(H,23,24)(H,30,31)(H,32,33)/t4-,6+,7-,8+,9-,10-,11-,12-,13+,14-,15+,16+,19-,20+,21+/m1/s1. The van der Waals surface area contributed by atoms with E-state index in [2.05, 4.69) is 5.32 Å². The van der Waals surface area contributed by atoms with Crippen LogP contribution in [-0.2, 0) is 42.8 Å². The molecule has 18 nitrogen and oxygen atoms in total. The molecule has 3 rings (SSSR count).